The fourth-order valence-corrected chi connectivity index (χ4v) is 6.21. The maximum absolute atomic E-state index is 13.4. The van der Waals surface area contributed by atoms with Gasteiger partial charge in [-0.05, 0) is 111 Å². The predicted octanol–water partition coefficient (Wildman–Crippen LogP) is 7.17. The highest BCUT2D eigenvalue weighted by molar-refractivity contribution is 7.22. The molecule has 3 heterocycles. The number of fused-ring (bicyclic) bond motifs is 2. The van der Waals surface area contributed by atoms with Crippen LogP contribution in [-0.4, -0.2) is 43.0 Å². The predicted molar refractivity (Wildman–Crippen MR) is 161 cm³/mol. The van der Waals surface area contributed by atoms with E-state index in [1.54, 1.807) is 18.4 Å². The minimum atomic E-state index is -0.388. The number of hydrogen-bond donors (Lipinski definition) is 1. The van der Waals surface area contributed by atoms with Crippen LogP contribution in [0.2, 0.25) is 0 Å². The van der Waals surface area contributed by atoms with Crippen molar-refractivity contribution in [3.8, 4) is 16.2 Å². The molecular weight excluding hydrogens is 502 g/mol. The molecule has 198 valence electrons. The van der Waals surface area contributed by atoms with E-state index >= 15 is 0 Å². The molecule has 39 heavy (non-hydrogen) atoms. The Morgan fingerprint density at radius 3 is 2.51 bits per heavy atom. The molecule has 0 bridgehead atoms. The van der Waals surface area contributed by atoms with E-state index in [1.807, 2.05) is 37.4 Å². The minimum absolute atomic E-state index is 0.0711. The van der Waals surface area contributed by atoms with Crippen LogP contribution in [0, 0.1) is 6.92 Å². The van der Waals surface area contributed by atoms with Crippen molar-refractivity contribution in [3.63, 3.8) is 0 Å². The molecule has 0 unspecified atom stereocenters. The van der Waals surface area contributed by atoms with Crippen LogP contribution in [0.4, 0.5) is 0 Å². The van der Waals surface area contributed by atoms with E-state index in [9.17, 15) is 4.79 Å². The standard InChI is InChI=1S/C29H24N2O2S.C4H9N/c1-18-9-10-21(33-2)17-23(18)28(32)31-29(11-12-29)24-14-20(15-25-22(24)7-5-13-30-25)27-16-19-6-3-4-8-26(19)34-27;1-5-3-2-4-5/h3-10,13-17H,11-12H2,1-2H3,(H,31,32);2-4H2,1H3. The van der Waals surface area contributed by atoms with Crippen molar-refractivity contribution >= 4 is 38.2 Å². The Labute approximate surface area is 233 Å². The van der Waals surface area contributed by atoms with E-state index in [1.165, 1.54) is 34.5 Å². The van der Waals surface area contributed by atoms with Crippen molar-refractivity contribution in [1.29, 1.82) is 0 Å². The largest absolute Gasteiger partial charge is 0.497 e. The van der Waals surface area contributed by atoms with Gasteiger partial charge in [-0.15, -0.1) is 11.3 Å². The van der Waals surface area contributed by atoms with Crippen LogP contribution in [0.25, 0.3) is 31.4 Å². The number of benzene rings is 3. The number of aromatic nitrogens is 1. The Morgan fingerprint density at radius 1 is 1.03 bits per heavy atom. The molecular formula is C33H33N3O2S. The summed E-state index contributed by atoms with van der Waals surface area (Å²) in [5.74, 6) is 0.611. The summed E-state index contributed by atoms with van der Waals surface area (Å²) >= 11 is 1.79. The van der Waals surface area contributed by atoms with Crippen molar-refractivity contribution in [2.75, 3.05) is 27.2 Å². The summed E-state index contributed by atoms with van der Waals surface area (Å²) in [5, 5.41) is 5.70. The molecule has 5 nitrogen and oxygen atoms in total. The Kier molecular flexibility index (Phi) is 6.83. The summed E-state index contributed by atoms with van der Waals surface area (Å²) in [4.78, 5) is 21.6. The molecule has 5 aromatic rings. The number of carbonyl (C=O) groups is 1. The number of hydrogen-bond acceptors (Lipinski definition) is 5. The summed E-state index contributed by atoms with van der Waals surface area (Å²) in [6.07, 6.45) is 5.05. The van der Waals surface area contributed by atoms with Gasteiger partial charge in [-0.1, -0.05) is 30.3 Å². The third-order valence-corrected chi connectivity index (χ3v) is 8.98. The summed E-state index contributed by atoms with van der Waals surface area (Å²) in [7, 11) is 3.76. The molecule has 1 saturated carbocycles. The van der Waals surface area contributed by atoms with Crippen molar-refractivity contribution in [3.05, 3.63) is 95.7 Å². The van der Waals surface area contributed by atoms with Crippen LogP contribution >= 0.6 is 11.3 Å². The van der Waals surface area contributed by atoms with E-state index in [2.05, 4.69) is 70.8 Å². The summed E-state index contributed by atoms with van der Waals surface area (Å²) in [5.41, 5.74) is 4.42. The first-order chi connectivity index (χ1) is 19.0. The molecule has 1 aliphatic heterocycles. The molecule has 2 aromatic heterocycles. The number of nitrogens with zero attached hydrogens (tertiary/aromatic N) is 2. The average Bonchev–Trinajstić information content (AvgIpc) is 3.59. The lowest BCUT2D eigenvalue weighted by molar-refractivity contribution is 0.0930. The highest BCUT2D eigenvalue weighted by Crippen LogP contribution is 2.49. The second-order valence-corrected chi connectivity index (χ2v) is 11.7. The molecule has 6 heteroatoms. The molecule has 1 saturated heterocycles. The topological polar surface area (TPSA) is 54.5 Å². The number of rotatable bonds is 5. The first-order valence-corrected chi connectivity index (χ1v) is 14.3. The Balaban J connectivity index is 0.000000500. The molecule has 2 fully saturated rings. The third-order valence-electron chi connectivity index (χ3n) is 7.82. The zero-order valence-electron chi connectivity index (χ0n) is 22.7. The van der Waals surface area contributed by atoms with Gasteiger partial charge in [0, 0.05) is 26.7 Å². The van der Waals surface area contributed by atoms with Crippen LogP contribution < -0.4 is 10.1 Å². The van der Waals surface area contributed by atoms with E-state index in [0.717, 1.165) is 40.4 Å². The number of carbonyl (C=O) groups excluding carboxylic acids is 1. The van der Waals surface area contributed by atoms with Gasteiger partial charge in [-0.2, -0.15) is 0 Å². The van der Waals surface area contributed by atoms with E-state index < -0.39 is 0 Å². The number of aryl methyl sites for hydroxylation is 1. The normalized spacial score (nSPS) is 15.8. The molecule has 1 N–H and O–H groups in total. The number of ether oxygens (including phenoxy) is 1. The molecule has 3 aromatic carbocycles. The fraction of sp³-hybridized carbons (Fsp3) is 0.273. The number of pyridine rings is 1. The maximum atomic E-state index is 13.4. The quantitative estimate of drug-likeness (QED) is 0.259. The Bertz CT molecular complexity index is 1630. The number of amides is 1. The van der Waals surface area contributed by atoms with Crippen LogP contribution in [0.5, 0.6) is 5.75 Å². The molecule has 1 amide bonds. The number of thiophene rings is 1. The molecule has 0 atom stereocenters. The van der Waals surface area contributed by atoms with Crippen LogP contribution in [0.3, 0.4) is 0 Å². The molecule has 1 aliphatic carbocycles. The lowest BCUT2D eigenvalue weighted by atomic mass is 9.95. The van der Waals surface area contributed by atoms with E-state index in [4.69, 9.17) is 4.74 Å². The van der Waals surface area contributed by atoms with E-state index in [-0.39, 0.29) is 11.4 Å². The SMILES string of the molecule is CN1CCC1.COc1ccc(C)c(C(=O)NC2(c3cc(-c4cc5ccccc5s4)cc4ncccc34)CC2)c1. The highest BCUT2D eigenvalue weighted by atomic mass is 32.1. The Hall–Kier alpha value is -3.74. The summed E-state index contributed by atoms with van der Waals surface area (Å²) < 4.78 is 6.62. The zero-order valence-corrected chi connectivity index (χ0v) is 23.5. The van der Waals surface area contributed by atoms with Crippen LogP contribution in [0.15, 0.2) is 79.0 Å². The molecule has 0 radical (unpaired) electrons. The lowest BCUT2D eigenvalue weighted by Gasteiger charge is -2.24. The zero-order chi connectivity index (χ0) is 27.0. The average molecular weight is 536 g/mol. The van der Waals surface area contributed by atoms with Crippen LogP contribution in [-0.2, 0) is 5.54 Å². The van der Waals surface area contributed by atoms with Gasteiger partial charge in [0.15, 0.2) is 0 Å². The third kappa shape index (κ3) is 5.14. The minimum Gasteiger partial charge on any atom is -0.497 e. The summed E-state index contributed by atoms with van der Waals surface area (Å²) in [6.45, 7) is 4.59. The second kappa shape index (κ2) is 10.4. The van der Waals surface area contributed by atoms with Gasteiger partial charge in [-0.3, -0.25) is 9.78 Å². The van der Waals surface area contributed by atoms with Gasteiger partial charge in [0.25, 0.3) is 5.91 Å². The van der Waals surface area contributed by atoms with Crippen molar-refractivity contribution < 1.29 is 9.53 Å². The monoisotopic (exact) mass is 535 g/mol. The molecule has 7 rings (SSSR count). The van der Waals surface area contributed by atoms with Gasteiger partial charge in [-0.25, -0.2) is 0 Å². The van der Waals surface area contributed by atoms with Gasteiger partial charge in [0.05, 0.1) is 18.2 Å². The van der Waals surface area contributed by atoms with Crippen LogP contribution in [0.1, 0.15) is 40.7 Å². The Morgan fingerprint density at radius 2 is 1.82 bits per heavy atom. The number of nitrogens with one attached hydrogen (secondary N) is 1. The second-order valence-electron chi connectivity index (χ2n) is 10.6. The van der Waals surface area contributed by atoms with Crippen molar-refractivity contribution in [2.24, 2.45) is 0 Å². The summed E-state index contributed by atoms with van der Waals surface area (Å²) in [6, 6.07) is 24.8. The van der Waals surface area contributed by atoms with Gasteiger partial charge >= 0.3 is 0 Å². The van der Waals surface area contributed by atoms with Gasteiger partial charge in [0.1, 0.15) is 5.75 Å². The first-order valence-electron chi connectivity index (χ1n) is 13.5. The maximum Gasteiger partial charge on any atom is 0.252 e. The number of likely N-dealkylation sites (tertiary alicyclic amines) is 1. The van der Waals surface area contributed by atoms with Crippen molar-refractivity contribution in [2.45, 2.75) is 31.7 Å². The number of methoxy groups -OCH3 is 1. The molecule has 2 aliphatic rings. The first kappa shape index (κ1) is 25.5. The molecule has 0 spiro atoms. The van der Waals surface area contributed by atoms with Gasteiger partial charge < -0.3 is 15.0 Å². The fourth-order valence-electron chi connectivity index (χ4n) is 5.16. The lowest BCUT2D eigenvalue weighted by Crippen LogP contribution is -2.35. The highest BCUT2D eigenvalue weighted by Gasteiger charge is 2.47. The van der Waals surface area contributed by atoms with E-state index in [0.29, 0.717) is 11.3 Å². The van der Waals surface area contributed by atoms with Gasteiger partial charge in [0.2, 0.25) is 0 Å². The smallest absolute Gasteiger partial charge is 0.252 e. The van der Waals surface area contributed by atoms with Crippen molar-refractivity contribution in [1.82, 2.24) is 15.2 Å².